The molecular formula is C24H21F6N7O3S. The minimum Gasteiger partial charge on any atom is -0.384 e. The van der Waals surface area contributed by atoms with E-state index in [4.69, 9.17) is 5.73 Å². The van der Waals surface area contributed by atoms with Crippen molar-refractivity contribution in [1.29, 1.82) is 0 Å². The number of aromatic amines is 1. The van der Waals surface area contributed by atoms with Gasteiger partial charge in [-0.1, -0.05) is 6.07 Å². The van der Waals surface area contributed by atoms with E-state index in [2.05, 4.69) is 20.2 Å². The standard InChI is InChI=1S/C24H21F6N7O3S/c25-23(26,27)22(38,24(28,29)30)16-10-18(14-1-3-19-15(9-14)11-34-35-19)21(33-12-16)36-5-7-37(8-6-36)41(39,40)17-2-4-20(31)32-13-17/h1-4,9-13,38H,5-8H2,(H2,31,32)(H,34,35). The van der Waals surface area contributed by atoms with Gasteiger partial charge in [-0.25, -0.2) is 18.4 Å². The van der Waals surface area contributed by atoms with Gasteiger partial charge in [0.25, 0.3) is 5.60 Å². The second-order valence-electron chi connectivity index (χ2n) is 9.28. The highest BCUT2D eigenvalue weighted by molar-refractivity contribution is 7.89. The van der Waals surface area contributed by atoms with E-state index < -0.39 is 33.5 Å². The Hall–Kier alpha value is -3.96. The predicted molar refractivity (Wildman–Crippen MR) is 135 cm³/mol. The summed E-state index contributed by atoms with van der Waals surface area (Å²) in [6, 6.07) is 7.74. The van der Waals surface area contributed by atoms with Gasteiger partial charge in [0.05, 0.1) is 11.7 Å². The first-order valence-electron chi connectivity index (χ1n) is 11.9. The summed E-state index contributed by atoms with van der Waals surface area (Å²) < 4.78 is 109. The molecule has 5 rings (SSSR count). The summed E-state index contributed by atoms with van der Waals surface area (Å²) in [5, 5.41) is 17.1. The van der Waals surface area contributed by atoms with Gasteiger partial charge in [0.1, 0.15) is 16.5 Å². The van der Waals surface area contributed by atoms with Crippen molar-refractivity contribution in [3.63, 3.8) is 0 Å². The van der Waals surface area contributed by atoms with Crippen LogP contribution in [0.15, 0.2) is 59.9 Å². The Balaban J connectivity index is 1.54. The number of H-pyrrole nitrogens is 1. The minimum absolute atomic E-state index is 0.00879. The molecule has 0 saturated carbocycles. The predicted octanol–water partition coefficient (Wildman–Crippen LogP) is 3.43. The van der Waals surface area contributed by atoms with Crippen molar-refractivity contribution in [2.75, 3.05) is 36.8 Å². The number of nitrogens with one attached hydrogen (secondary N) is 1. The second-order valence-corrected chi connectivity index (χ2v) is 11.2. The smallest absolute Gasteiger partial charge is 0.384 e. The minimum atomic E-state index is -6.10. The van der Waals surface area contributed by atoms with Gasteiger partial charge in [0.2, 0.25) is 10.0 Å². The molecule has 0 unspecified atom stereocenters. The third kappa shape index (κ3) is 4.93. The van der Waals surface area contributed by atoms with Gasteiger partial charge < -0.3 is 15.7 Å². The number of halogens is 6. The Kier molecular flexibility index (Phi) is 6.86. The lowest BCUT2D eigenvalue weighted by Crippen LogP contribution is -2.54. The van der Waals surface area contributed by atoms with Crippen LogP contribution in [0.1, 0.15) is 5.56 Å². The van der Waals surface area contributed by atoms with Crippen LogP contribution >= 0.6 is 0 Å². The van der Waals surface area contributed by atoms with Crippen molar-refractivity contribution in [2.45, 2.75) is 22.8 Å². The summed E-state index contributed by atoms with van der Waals surface area (Å²) >= 11 is 0. The first kappa shape index (κ1) is 28.6. The number of nitrogens with two attached hydrogens (primary N) is 1. The van der Waals surface area contributed by atoms with E-state index in [-0.39, 0.29) is 53.8 Å². The molecule has 1 fully saturated rings. The fraction of sp³-hybridized carbons (Fsp3) is 0.292. The number of nitrogen functional groups attached to an aromatic ring is 1. The summed E-state index contributed by atoms with van der Waals surface area (Å²) in [5.74, 6) is 0.141. The maximum absolute atomic E-state index is 13.7. The van der Waals surface area contributed by atoms with Gasteiger partial charge in [-0.2, -0.15) is 35.7 Å². The fourth-order valence-corrected chi connectivity index (χ4v) is 5.92. The van der Waals surface area contributed by atoms with Gasteiger partial charge in [0, 0.05) is 55.1 Å². The number of hydrogen-bond donors (Lipinski definition) is 3. The maximum Gasteiger partial charge on any atom is 0.430 e. The average molecular weight is 602 g/mol. The molecule has 0 aliphatic carbocycles. The van der Waals surface area contributed by atoms with Crippen molar-refractivity contribution in [3.05, 3.63) is 60.6 Å². The molecule has 10 nitrogen and oxygen atoms in total. The Bertz CT molecular complexity index is 1670. The molecule has 4 N–H and O–H groups in total. The lowest BCUT2D eigenvalue weighted by Gasteiger charge is -2.36. The Morgan fingerprint density at radius 1 is 0.878 bits per heavy atom. The van der Waals surface area contributed by atoms with Crippen LogP contribution in [-0.2, 0) is 15.6 Å². The summed E-state index contributed by atoms with van der Waals surface area (Å²) in [6.45, 7) is -0.105. The number of aromatic nitrogens is 4. The molecule has 0 amide bonds. The SMILES string of the molecule is Nc1ccc(S(=O)(=O)N2CCN(c3ncc(C(O)(C(F)(F)F)C(F)(F)F)cc3-c3ccc4[nH]ncc4c3)CC2)cn1. The quantitative estimate of drug-likeness (QED) is 0.296. The van der Waals surface area contributed by atoms with Gasteiger partial charge in [-0.15, -0.1) is 0 Å². The molecule has 3 aromatic heterocycles. The van der Waals surface area contributed by atoms with Crippen LogP contribution in [0.25, 0.3) is 22.0 Å². The molecule has 0 bridgehead atoms. The first-order chi connectivity index (χ1) is 19.1. The number of sulfonamides is 1. The Labute approximate surface area is 228 Å². The molecule has 0 atom stereocenters. The summed E-state index contributed by atoms with van der Waals surface area (Å²) in [7, 11) is -3.95. The van der Waals surface area contributed by atoms with E-state index in [1.807, 2.05) is 0 Å². The molecule has 41 heavy (non-hydrogen) atoms. The number of alkyl halides is 6. The molecule has 0 radical (unpaired) electrons. The zero-order valence-corrected chi connectivity index (χ0v) is 21.6. The third-order valence-corrected chi connectivity index (χ3v) is 8.67. The van der Waals surface area contributed by atoms with Crippen LogP contribution in [0.2, 0.25) is 0 Å². The third-order valence-electron chi connectivity index (χ3n) is 6.79. The molecule has 17 heteroatoms. The van der Waals surface area contributed by atoms with E-state index in [0.717, 1.165) is 6.20 Å². The van der Waals surface area contributed by atoms with E-state index in [1.54, 1.807) is 11.0 Å². The number of nitrogens with zero attached hydrogens (tertiary/aromatic N) is 5. The van der Waals surface area contributed by atoms with E-state index in [0.29, 0.717) is 23.2 Å². The Morgan fingerprint density at radius 3 is 2.17 bits per heavy atom. The zero-order chi connectivity index (χ0) is 29.8. The van der Waals surface area contributed by atoms with Crippen molar-refractivity contribution in [1.82, 2.24) is 24.5 Å². The lowest BCUT2D eigenvalue weighted by molar-refractivity contribution is -0.376. The highest BCUT2D eigenvalue weighted by Crippen LogP contribution is 2.51. The van der Waals surface area contributed by atoms with Crippen LogP contribution < -0.4 is 10.6 Å². The molecular weight excluding hydrogens is 580 g/mol. The van der Waals surface area contributed by atoms with Crippen LogP contribution in [0.5, 0.6) is 0 Å². The average Bonchev–Trinajstić information content (AvgIpc) is 3.39. The van der Waals surface area contributed by atoms with Crippen LogP contribution in [0.4, 0.5) is 38.0 Å². The number of pyridine rings is 2. The van der Waals surface area contributed by atoms with Crippen molar-refractivity contribution in [3.8, 4) is 11.1 Å². The van der Waals surface area contributed by atoms with Crippen LogP contribution in [-0.4, -0.2) is 76.5 Å². The molecule has 4 heterocycles. The number of piperazine rings is 1. The van der Waals surface area contributed by atoms with Gasteiger partial charge in [-0.3, -0.25) is 5.10 Å². The maximum atomic E-state index is 13.7. The molecule has 1 aliphatic heterocycles. The zero-order valence-electron chi connectivity index (χ0n) is 20.8. The van der Waals surface area contributed by atoms with Crippen molar-refractivity contribution < 1.29 is 39.9 Å². The van der Waals surface area contributed by atoms with Crippen molar-refractivity contribution in [2.24, 2.45) is 0 Å². The van der Waals surface area contributed by atoms with Gasteiger partial charge in [0.15, 0.2) is 0 Å². The largest absolute Gasteiger partial charge is 0.430 e. The highest BCUT2D eigenvalue weighted by Gasteiger charge is 2.71. The highest BCUT2D eigenvalue weighted by atomic mass is 32.2. The summed E-state index contributed by atoms with van der Waals surface area (Å²) in [6.07, 6.45) is -9.33. The van der Waals surface area contributed by atoms with Crippen molar-refractivity contribution >= 4 is 32.6 Å². The number of hydrogen-bond acceptors (Lipinski definition) is 8. The van der Waals surface area contributed by atoms with Crippen LogP contribution in [0.3, 0.4) is 0 Å². The molecule has 1 aromatic carbocycles. The first-order valence-corrected chi connectivity index (χ1v) is 13.3. The fourth-order valence-electron chi connectivity index (χ4n) is 4.55. The molecule has 1 aliphatic rings. The number of rotatable bonds is 5. The normalized spacial score (nSPS) is 15.9. The number of anilines is 2. The van der Waals surface area contributed by atoms with Crippen LogP contribution in [0, 0.1) is 0 Å². The topological polar surface area (TPSA) is 141 Å². The monoisotopic (exact) mass is 601 g/mol. The second kappa shape index (κ2) is 9.85. The molecule has 0 spiro atoms. The molecule has 218 valence electrons. The number of benzene rings is 1. The summed E-state index contributed by atoms with van der Waals surface area (Å²) in [5.41, 5.74) is -0.525. The Morgan fingerprint density at radius 2 is 1.56 bits per heavy atom. The van der Waals surface area contributed by atoms with Gasteiger partial charge in [-0.05, 0) is 35.9 Å². The molecule has 4 aromatic rings. The number of aliphatic hydroxyl groups is 1. The lowest BCUT2D eigenvalue weighted by atomic mass is 9.91. The summed E-state index contributed by atoms with van der Waals surface area (Å²) in [4.78, 5) is 9.20. The number of fused-ring (bicyclic) bond motifs is 1. The van der Waals surface area contributed by atoms with E-state index >= 15 is 0 Å². The van der Waals surface area contributed by atoms with Gasteiger partial charge >= 0.3 is 12.4 Å². The van der Waals surface area contributed by atoms with E-state index in [1.165, 1.54) is 34.8 Å². The molecule has 1 saturated heterocycles. The van der Waals surface area contributed by atoms with E-state index in [9.17, 15) is 39.9 Å².